The highest BCUT2D eigenvalue weighted by Gasteiger charge is 2.21. The van der Waals surface area contributed by atoms with Crippen LogP contribution in [-0.4, -0.2) is 36.0 Å². The number of amides is 3. The molecule has 1 saturated heterocycles. The monoisotopic (exact) mass is 281 g/mol. The Hall–Kier alpha value is -1.56. The molecule has 1 aromatic rings. The average Bonchev–Trinajstić information content (AvgIpc) is 2.90. The molecule has 0 bridgehead atoms. The van der Waals surface area contributed by atoms with E-state index >= 15 is 0 Å². The molecule has 1 aromatic heterocycles. The standard InChI is InChI=1S/C13H19N3O2S/c1-10(17)16-6-4-11(5-7-16)15-13(18)14-9-12-3-2-8-19-12/h2-3,8,11H,4-7,9H2,1H3,(H2,14,15,18). The first-order chi connectivity index (χ1) is 9.15. The van der Waals surface area contributed by atoms with Crippen molar-refractivity contribution in [3.63, 3.8) is 0 Å². The van der Waals surface area contributed by atoms with Crippen LogP contribution in [0.5, 0.6) is 0 Å². The van der Waals surface area contributed by atoms with Crippen molar-refractivity contribution in [3.05, 3.63) is 22.4 Å². The maximum absolute atomic E-state index is 11.7. The van der Waals surface area contributed by atoms with E-state index in [9.17, 15) is 9.59 Å². The summed E-state index contributed by atoms with van der Waals surface area (Å²) in [7, 11) is 0. The third-order valence-electron chi connectivity index (χ3n) is 3.28. The van der Waals surface area contributed by atoms with Crippen LogP contribution in [-0.2, 0) is 11.3 Å². The molecule has 6 heteroatoms. The van der Waals surface area contributed by atoms with E-state index in [-0.39, 0.29) is 18.0 Å². The van der Waals surface area contributed by atoms with Crippen molar-refractivity contribution >= 4 is 23.3 Å². The molecule has 0 radical (unpaired) electrons. The first-order valence-corrected chi connectivity index (χ1v) is 7.35. The summed E-state index contributed by atoms with van der Waals surface area (Å²) >= 11 is 1.63. The van der Waals surface area contributed by atoms with Gasteiger partial charge in [-0.05, 0) is 24.3 Å². The maximum Gasteiger partial charge on any atom is 0.315 e. The van der Waals surface area contributed by atoms with E-state index in [1.165, 1.54) is 0 Å². The zero-order valence-electron chi connectivity index (χ0n) is 11.0. The molecule has 2 N–H and O–H groups in total. The van der Waals surface area contributed by atoms with Gasteiger partial charge in [-0.3, -0.25) is 4.79 Å². The third kappa shape index (κ3) is 4.24. The number of hydrogen-bond acceptors (Lipinski definition) is 3. The maximum atomic E-state index is 11.7. The summed E-state index contributed by atoms with van der Waals surface area (Å²) in [5.41, 5.74) is 0. The second-order valence-corrected chi connectivity index (χ2v) is 5.72. The van der Waals surface area contributed by atoms with Gasteiger partial charge in [0.15, 0.2) is 0 Å². The molecule has 1 aliphatic heterocycles. The molecule has 2 heterocycles. The lowest BCUT2D eigenvalue weighted by molar-refractivity contribution is -0.129. The number of nitrogens with one attached hydrogen (secondary N) is 2. The SMILES string of the molecule is CC(=O)N1CCC(NC(=O)NCc2cccs2)CC1. The largest absolute Gasteiger partial charge is 0.343 e. The number of carbonyl (C=O) groups is 2. The van der Waals surface area contributed by atoms with Crippen molar-refractivity contribution in [3.8, 4) is 0 Å². The van der Waals surface area contributed by atoms with Gasteiger partial charge in [0.2, 0.25) is 5.91 Å². The first-order valence-electron chi connectivity index (χ1n) is 6.47. The van der Waals surface area contributed by atoms with Crippen LogP contribution in [0.4, 0.5) is 4.79 Å². The van der Waals surface area contributed by atoms with Crippen LogP contribution >= 0.6 is 11.3 Å². The van der Waals surface area contributed by atoms with Gasteiger partial charge in [0.05, 0.1) is 6.54 Å². The smallest absolute Gasteiger partial charge is 0.315 e. The molecule has 0 unspecified atom stereocenters. The molecule has 0 aliphatic carbocycles. The minimum atomic E-state index is -0.130. The van der Waals surface area contributed by atoms with Gasteiger partial charge < -0.3 is 15.5 Å². The molecule has 0 aromatic carbocycles. The lowest BCUT2D eigenvalue weighted by Gasteiger charge is -2.31. The summed E-state index contributed by atoms with van der Waals surface area (Å²) in [5.74, 6) is 0.112. The van der Waals surface area contributed by atoms with Gasteiger partial charge in [-0.25, -0.2) is 4.79 Å². The lowest BCUT2D eigenvalue weighted by Crippen LogP contribution is -2.48. The van der Waals surface area contributed by atoms with E-state index < -0.39 is 0 Å². The summed E-state index contributed by atoms with van der Waals surface area (Å²) in [6, 6.07) is 4.00. The Bertz CT molecular complexity index is 425. The van der Waals surface area contributed by atoms with Crippen molar-refractivity contribution in [1.82, 2.24) is 15.5 Å². The number of carbonyl (C=O) groups excluding carboxylic acids is 2. The van der Waals surface area contributed by atoms with E-state index in [0.717, 1.165) is 30.8 Å². The Kier molecular flexibility index (Phi) is 4.79. The number of rotatable bonds is 3. The summed E-state index contributed by atoms with van der Waals surface area (Å²) in [4.78, 5) is 25.9. The Morgan fingerprint density at radius 1 is 1.42 bits per heavy atom. The van der Waals surface area contributed by atoms with Crippen molar-refractivity contribution < 1.29 is 9.59 Å². The second kappa shape index (κ2) is 6.56. The number of hydrogen-bond donors (Lipinski definition) is 2. The highest BCUT2D eigenvalue weighted by molar-refractivity contribution is 7.09. The molecule has 0 atom stereocenters. The lowest BCUT2D eigenvalue weighted by atomic mass is 10.1. The van der Waals surface area contributed by atoms with E-state index in [0.29, 0.717) is 6.54 Å². The number of urea groups is 1. The van der Waals surface area contributed by atoms with Crippen LogP contribution in [0.25, 0.3) is 0 Å². The third-order valence-corrected chi connectivity index (χ3v) is 4.16. The van der Waals surface area contributed by atoms with Gasteiger partial charge in [-0.1, -0.05) is 6.07 Å². The predicted molar refractivity (Wildman–Crippen MR) is 75.0 cm³/mol. The molecule has 1 aliphatic rings. The van der Waals surface area contributed by atoms with Crippen LogP contribution < -0.4 is 10.6 Å². The Morgan fingerprint density at radius 2 is 2.16 bits per heavy atom. The summed E-state index contributed by atoms with van der Waals surface area (Å²) < 4.78 is 0. The Balaban J connectivity index is 1.67. The van der Waals surface area contributed by atoms with Crippen LogP contribution in [0, 0.1) is 0 Å². The van der Waals surface area contributed by atoms with Crippen LogP contribution in [0.15, 0.2) is 17.5 Å². The van der Waals surface area contributed by atoms with E-state index in [2.05, 4.69) is 10.6 Å². The predicted octanol–water partition coefficient (Wildman–Crippen LogP) is 1.56. The molecule has 3 amide bonds. The molecular weight excluding hydrogens is 262 g/mol. The molecule has 19 heavy (non-hydrogen) atoms. The van der Waals surface area contributed by atoms with Crippen molar-refractivity contribution in [1.29, 1.82) is 0 Å². The van der Waals surface area contributed by atoms with Crippen LogP contribution in [0.3, 0.4) is 0 Å². The Morgan fingerprint density at radius 3 is 2.74 bits per heavy atom. The van der Waals surface area contributed by atoms with Gasteiger partial charge in [-0.15, -0.1) is 11.3 Å². The van der Waals surface area contributed by atoms with Gasteiger partial charge in [0.1, 0.15) is 0 Å². The summed E-state index contributed by atoms with van der Waals surface area (Å²) in [6.07, 6.45) is 1.65. The Labute approximate surface area is 117 Å². The van der Waals surface area contributed by atoms with Crippen molar-refractivity contribution in [2.45, 2.75) is 32.4 Å². The molecule has 2 rings (SSSR count). The molecular formula is C13H19N3O2S. The topological polar surface area (TPSA) is 61.4 Å². The normalized spacial score (nSPS) is 16.2. The second-order valence-electron chi connectivity index (χ2n) is 4.69. The fourth-order valence-electron chi connectivity index (χ4n) is 2.16. The quantitative estimate of drug-likeness (QED) is 0.883. The van der Waals surface area contributed by atoms with Crippen molar-refractivity contribution in [2.24, 2.45) is 0 Å². The number of thiophene rings is 1. The molecule has 1 fully saturated rings. The summed E-state index contributed by atoms with van der Waals surface area (Å²) in [5, 5.41) is 7.80. The zero-order chi connectivity index (χ0) is 13.7. The minimum Gasteiger partial charge on any atom is -0.343 e. The van der Waals surface area contributed by atoms with Crippen LogP contribution in [0.1, 0.15) is 24.6 Å². The first kappa shape index (κ1) is 13.9. The molecule has 0 spiro atoms. The fourth-order valence-corrected chi connectivity index (χ4v) is 2.80. The van der Waals surface area contributed by atoms with Gasteiger partial charge >= 0.3 is 6.03 Å². The summed E-state index contributed by atoms with van der Waals surface area (Å²) in [6.45, 7) is 3.60. The van der Waals surface area contributed by atoms with E-state index in [4.69, 9.17) is 0 Å². The zero-order valence-corrected chi connectivity index (χ0v) is 11.8. The van der Waals surface area contributed by atoms with Crippen molar-refractivity contribution in [2.75, 3.05) is 13.1 Å². The average molecular weight is 281 g/mol. The molecule has 104 valence electrons. The molecule has 0 saturated carbocycles. The highest BCUT2D eigenvalue weighted by Crippen LogP contribution is 2.10. The number of nitrogens with zero attached hydrogens (tertiary/aromatic N) is 1. The van der Waals surface area contributed by atoms with E-state index in [1.54, 1.807) is 18.3 Å². The van der Waals surface area contributed by atoms with Crippen LogP contribution in [0.2, 0.25) is 0 Å². The number of likely N-dealkylation sites (tertiary alicyclic amines) is 1. The number of piperidine rings is 1. The van der Waals surface area contributed by atoms with E-state index in [1.807, 2.05) is 22.4 Å². The fraction of sp³-hybridized carbons (Fsp3) is 0.538. The van der Waals surface area contributed by atoms with Gasteiger partial charge in [-0.2, -0.15) is 0 Å². The van der Waals surface area contributed by atoms with Gasteiger partial charge in [0, 0.05) is 30.9 Å². The van der Waals surface area contributed by atoms with Gasteiger partial charge in [0.25, 0.3) is 0 Å². The minimum absolute atomic E-state index is 0.112. The molecule has 5 nitrogen and oxygen atoms in total. The highest BCUT2D eigenvalue weighted by atomic mass is 32.1.